The van der Waals surface area contributed by atoms with Crippen molar-refractivity contribution < 1.29 is 49.0 Å². The highest BCUT2D eigenvalue weighted by Crippen LogP contribution is 2.23. The Bertz CT molecular complexity index is 1410. The maximum Gasteiger partial charge on any atom is 0.306 e. The molecule has 0 saturated carbocycles. The van der Waals surface area contributed by atoms with Crippen LogP contribution >= 0.6 is 0 Å². The quantitative estimate of drug-likeness (QED) is 0.0264. The predicted molar refractivity (Wildman–Crippen MR) is 274 cm³/mol. The standard InChI is InChI=1S/C57H94O10/c1-3-5-7-9-11-13-15-17-19-21-23-24-25-26-28-30-32-34-36-38-40-42-44-46-53(60)66-50(49-65-57-56(63)55(62)54(61)51(47-58)67-57)48-64-52(59)45-43-41-39-37-35-33-31-29-27-22-20-18-16-14-12-10-8-6-4-2/h5-8,11-14,17-20,23-24,27,29,50-51,54-58,61-63H,3-4,9-10,15-16,21-22,25-26,28,30-49H2,1-2H3/b7-5-,8-6-,13-11-,14-12-,19-17-,20-18-,24-23-,29-27-. The second-order valence-corrected chi connectivity index (χ2v) is 17.6. The van der Waals surface area contributed by atoms with E-state index < -0.39 is 55.4 Å². The molecule has 0 bridgehead atoms. The summed E-state index contributed by atoms with van der Waals surface area (Å²) in [6.45, 7) is 3.18. The predicted octanol–water partition coefficient (Wildman–Crippen LogP) is 12.7. The topological polar surface area (TPSA) is 152 Å². The van der Waals surface area contributed by atoms with Crippen LogP contribution in [0.5, 0.6) is 0 Å². The maximum atomic E-state index is 12.9. The van der Waals surface area contributed by atoms with Gasteiger partial charge in [0.15, 0.2) is 12.4 Å². The van der Waals surface area contributed by atoms with Crippen molar-refractivity contribution in [2.75, 3.05) is 19.8 Å². The molecule has 0 spiro atoms. The van der Waals surface area contributed by atoms with E-state index in [1.807, 2.05) is 0 Å². The van der Waals surface area contributed by atoms with Gasteiger partial charge in [-0.2, -0.15) is 0 Å². The molecule has 4 N–H and O–H groups in total. The van der Waals surface area contributed by atoms with Crippen LogP contribution < -0.4 is 0 Å². The molecule has 10 heteroatoms. The smallest absolute Gasteiger partial charge is 0.306 e. The van der Waals surface area contributed by atoms with Crippen LogP contribution in [-0.2, 0) is 28.5 Å². The molecule has 0 aromatic heterocycles. The van der Waals surface area contributed by atoms with Gasteiger partial charge in [-0.05, 0) is 89.9 Å². The van der Waals surface area contributed by atoms with E-state index in [0.29, 0.717) is 12.8 Å². The summed E-state index contributed by atoms with van der Waals surface area (Å²) in [7, 11) is 0. The van der Waals surface area contributed by atoms with Gasteiger partial charge >= 0.3 is 11.9 Å². The molecule has 0 aliphatic carbocycles. The molecule has 1 aliphatic rings. The maximum absolute atomic E-state index is 12.9. The fraction of sp³-hybridized carbons (Fsp3) is 0.684. The van der Waals surface area contributed by atoms with Gasteiger partial charge < -0.3 is 39.4 Å². The summed E-state index contributed by atoms with van der Waals surface area (Å²) < 4.78 is 22.3. The van der Waals surface area contributed by atoms with Crippen LogP contribution in [0.3, 0.4) is 0 Å². The third-order valence-electron chi connectivity index (χ3n) is 11.5. The zero-order valence-corrected chi connectivity index (χ0v) is 41.9. The van der Waals surface area contributed by atoms with E-state index in [-0.39, 0.29) is 26.1 Å². The first-order valence-corrected chi connectivity index (χ1v) is 26.3. The summed E-state index contributed by atoms with van der Waals surface area (Å²) in [6.07, 6.45) is 55.5. The second kappa shape index (κ2) is 46.4. The highest BCUT2D eigenvalue weighted by Gasteiger charge is 2.44. The van der Waals surface area contributed by atoms with Crippen molar-refractivity contribution in [3.8, 4) is 0 Å². The molecule has 382 valence electrons. The van der Waals surface area contributed by atoms with Gasteiger partial charge in [-0.3, -0.25) is 9.59 Å². The normalized spacial score (nSPS) is 19.9. The van der Waals surface area contributed by atoms with Crippen molar-refractivity contribution in [2.24, 2.45) is 0 Å². The third-order valence-corrected chi connectivity index (χ3v) is 11.5. The lowest BCUT2D eigenvalue weighted by Crippen LogP contribution is -2.59. The first-order chi connectivity index (χ1) is 32.8. The van der Waals surface area contributed by atoms with E-state index in [9.17, 15) is 30.0 Å². The minimum atomic E-state index is -1.60. The SMILES string of the molecule is CC/C=C\C/C=C\C/C=C\C/C=C\CCCCCCCCCCCCC(=O)OC(COC(=O)CCCCCCCC/C=C\C/C=C\C/C=C\C/C=C\CC)COC1OC(CO)C(O)C(O)C1O. The number of unbranched alkanes of at least 4 members (excludes halogenated alkanes) is 16. The molecule has 0 aromatic carbocycles. The van der Waals surface area contributed by atoms with Crippen molar-refractivity contribution >= 4 is 11.9 Å². The zero-order valence-electron chi connectivity index (χ0n) is 41.9. The highest BCUT2D eigenvalue weighted by molar-refractivity contribution is 5.70. The lowest BCUT2D eigenvalue weighted by Gasteiger charge is -2.39. The van der Waals surface area contributed by atoms with Gasteiger partial charge in [0, 0.05) is 12.8 Å². The molecule has 0 amide bonds. The molecule has 0 aromatic rings. The highest BCUT2D eigenvalue weighted by atomic mass is 16.7. The van der Waals surface area contributed by atoms with Crippen molar-refractivity contribution in [3.05, 3.63) is 97.2 Å². The molecule has 10 nitrogen and oxygen atoms in total. The molecule has 1 aliphatic heterocycles. The van der Waals surface area contributed by atoms with Crippen molar-refractivity contribution in [3.63, 3.8) is 0 Å². The van der Waals surface area contributed by atoms with E-state index in [2.05, 4.69) is 111 Å². The first-order valence-electron chi connectivity index (χ1n) is 26.3. The third kappa shape index (κ3) is 37.2. The Kier molecular flexibility index (Phi) is 42.6. The average Bonchev–Trinajstić information content (AvgIpc) is 3.33. The van der Waals surface area contributed by atoms with E-state index in [4.69, 9.17) is 18.9 Å². The van der Waals surface area contributed by atoms with Gasteiger partial charge in [-0.25, -0.2) is 0 Å². The summed E-state index contributed by atoms with van der Waals surface area (Å²) in [4.78, 5) is 25.5. The van der Waals surface area contributed by atoms with Crippen LogP contribution in [0.1, 0.15) is 194 Å². The van der Waals surface area contributed by atoms with Crippen LogP contribution in [0.4, 0.5) is 0 Å². The molecular formula is C57H94O10. The Labute approximate surface area is 407 Å². The number of aliphatic hydroxyl groups excluding tert-OH is 4. The Hall–Kier alpha value is -3.38. The van der Waals surface area contributed by atoms with Crippen molar-refractivity contribution in [2.45, 2.75) is 230 Å². The van der Waals surface area contributed by atoms with Gasteiger partial charge in [-0.15, -0.1) is 0 Å². The minimum absolute atomic E-state index is 0.215. The minimum Gasteiger partial charge on any atom is -0.462 e. The number of allylic oxidation sites excluding steroid dienone is 16. The van der Waals surface area contributed by atoms with Gasteiger partial charge in [0.1, 0.15) is 31.0 Å². The Balaban J connectivity index is 2.27. The van der Waals surface area contributed by atoms with E-state index in [1.54, 1.807) is 0 Å². The summed E-state index contributed by atoms with van der Waals surface area (Å²) in [5, 5.41) is 40.3. The number of hydrogen-bond donors (Lipinski definition) is 4. The fourth-order valence-electron chi connectivity index (χ4n) is 7.41. The van der Waals surface area contributed by atoms with Crippen LogP contribution in [0.15, 0.2) is 97.2 Å². The van der Waals surface area contributed by atoms with E-state index >= 15 is 0 Å². The van der Waals surface area contributed by atoms with Gasteiger partial charge in [-0.1, -0.05) is 188 Å². The zero-order chi connectivity index (χ0) is 48.7. The second-order valence-electron chi connectivity index (χ2n) is 17.6. The summed E-state index contributed by atoms with van der Waals surface area (Å²) in [6, 6.07) is 0. The lowest BCUT2D eigenvalue weighted by molar-refractivity contribution is -0.305. The fourth-order valence-corrected chi connectivity index (χ4v) is 7.41. The van der Waals surface area contributed by atoms with Crippen molar-refractivity contribution in [1.82, 2.24) is 0 Å². The number of carbonyl (C=O) groups is 2. The molecule has 1 heterocycles. The summed E-state index contributed by atoms with van der Waals surface area (Å²) in [5.41, 5.74) is 0. The lowest BCUT2D eigenvalue weighted by atomic mass is 9.99. The largest absolute Gasteiger partial charge is 0.462 e. The number of esters is 2. The molecule has 1 saturated heterocycles. The van der Waals surface area contributed by atoms with Gasteiger partial charge in [0.2, 0.25) is 0 Å². The number of aliphatic hydroxyl groups is 4. The van der Waals surface area contributed by atoms with Crippen LogP contribution in [-0.4, -0.2) is 89.0 Å². The number of rotatable bonds is 43. The molecule has 67 heavy (non-hydrogen) atoms. The average molecular weight is 939 g/mol. The van der Waals surface area contributed by atoms with Crippen LogP contribution in [0.25, 0.3) is 0 Å². The van der Waals surface area contributed by atoms with Crippen molar-refractivity contribution in [1.29, 1.82) is 0 Å². The number of hydrogen-bond acceptors (Lipinski definition) is 10. The molecule has 6 unspecified atom stereocenters. The molecule has 6 atom stereocenters. The Morgan fingerprint density at radius 2 is 0.836 bits per heavy atom. The molecule has 1 rings (SSSR count). The molecule has 1 fully saturated rings. The molecular weight excluding hydrogens is 845 g/mol. The molecule has 0 radical (unpaired) electrons. The van der Waals surface area contributed by atoms with Crippen LogP contribution in [0.2, 0.25) is 0 Å². The first kappa shape index (κ1) is 61.6. The van der Waals surface area contributed by atoms with Gasteiger partial charge in [0.25, 0.3) is 0 Å². The number of ether oxygens (including phenoxy) is 4. The monoisotopic (exact) mass is 939 g/mol. The Morgan fingerprint density at radius 3 is 1.25 bits per heavy atom. The Morgan fingerprint density at radius 1 is 0.463 bits per heavy atom. The van der Waals surface area contributed by atoms with E-state index in [0.717, 1.165) is 116 Å². The van der Waals surface area contributed by atoms with Gasteiger partial charge in [0.05, 0.1) is 13.2 Å². The van der Waals surface area contributed by atoms with E-state index in [1.165, 1.54) is 38.5 Å². The summed E-state index contributed by atoms with van der Waals surface area (Å²) in [5.74, 6) is -0.833. The van der Waals surface area contributed by atoms with Crippen LogP contribution in [0, 0.1) is 0 Å². The number of carbonyl (C=O) groups excluding carboxylic acids is 2. The summed E-state index contributed by atoms with van der Waals surface area (Å²) >= 11 is 0.